The Bertz CT molecular complexity index is 547. The van der Waals surface area contributed by atoms with Gasteiger partial charge in [0.1, 0.15) is 0 Å². The summed E-state index contributed by atoms with van der Waals surface area (Å²) in [6, 6.07) is 5.99. The Morgan fingerprint density at radius 2 is 1.96 bits per heavy atom. The quantitative estimate of drug-likeness (QED) is 0.686. The van der Waals surface area contributed by atoms with Crippen molar-refractivity contribution in [2.45, 2.75) is 12.5 Å². The van der Waals surface area contributed by atoms with Crippen molar-refractivity contribution >= 4 is 5.91 Å². The lowest BCUT2D eigenvalue weighted by Crippen LogP contribution is -2.44. The molecule has 1 aliphatic heterocycles. The first-order chi connectivity index (χ1) is 12.2. The number of methoxy groups -OCH3 is 2. The van der Waals surface area contributed by atoms with Crippen molar-refractivity contribution in [1.82, 2.24) is 15.5 Å². The van der Waals surface area contributed by atoms with Gasteiger partial charge in [0, 0.05) is 32.6 Å². The number of nitrogens with one attached hydrogen (secondary N) is 2. The zero-order valence-electron chi connectivity index (χ0n) is 15.3. The molecule has 0 radical (unpaired) electrons. The van der Waals surface area contributed by atoms with Crippen LogP contribution in [0.4, 0.5) is 0 Å². The normalized spacial score (nSPS) is 16.3. The molecule has 0 bridgehead atoms. The fourth-order valence-electron chi connectivity index (χ4n) is 2.94. The topological polar surface area (TPSA) is 72.1 Å². The molecule has 1 heterocycles. The number of benzene rings is 1. The van der Waals surface area contributed by atoms with Crippen LogP contribution in [0.2, 0.25) is 0 Å². The van der Waals surface area contributed by atoms with E-state index in [-0.39, 0.29) is 11.9 Å². The Balaban J connectivity index is 2.14. The summed E-state index contributed by atoms with van der Waals surface area (Å²) in [7, 11) is 5.09. The molecule has 1 aromatic carbocycles. The first-order valence-corrected chi connectivity index (χ1v) is 8.64. The molecule has 1 unspecified atom stereocenters. The van der Waals surface area contributed by atoms with Gasteiger partial charge in [-0.2, -0.15) is 0 Å². The summed E-state index contributed by atoms with van der Waals surface area (Å²) in [6.07, 6.45) is 0.471. The summed E-state index contributed by atoms with van der Waals surface area (Å²) in [4.78, 5) is 14.3. The molecular formula is C18H29N3O4. The van der Waals surface area contributed by atoms with Gasteiger partial charge in [-0.05, 0) is 24.7 Å². The molecule has 1 aliphatic rings. The average Bonchev–Trinajstić information content (AvgIpc) is 2.67. The van der Waals surface area contributed by atoms with Gasteiger partial charge in [0.25, 0.3) is 0 Å². The number of nitrogens with zero attached hydrogens (tertiary/aromatic N) is 1. The molecule has 7 heteroatoms. The van der Waals surface area contributed by atoms with Crippen molar-refractivity contribution in [3.05, 3.63) is 23.8 Å². The number of ether oxygens (including phenoxy) is 3. The monoisotopic (exact) mass is 351 g/mol. The van der Waals surface area contributed by atoms with E-state index in [0.717, 1.165) is 18.7 Å². The third-order valence-electron chi connectivity index (χ3n) is 4.37. The van der Waals surface area contributed by atoms with E-state index in [9.17, 15) is 4.79 Å². The average molecular weight is 351 g/mol. The van der Waals surface area contributed by atoms with Crippen LogP contribution in [-0.4, -0.2) is 71.5 Å². The molecule has 1 amide bonds. The Kier molecular flexibility index (Phi) is 7.97. The fraction of sp³-hybridized carbons (Fsp3) is 0.611. The van der Waals surface area contributed by atoms with E-state index < -0.39 is 0 Å². The second-order valence-corrected chi connectivity index (χ2v) is 5.94. The minimum Gasteiger partial charge on any atom is -0.493 e. The van der Waals surface area contributed by atoms with Gasteiger partial charge < -0.3 is 24.8 Å². The van der Waals surface area contributed by atoms with Gasteiger partial charge in [-0.15, -0.1) is 0 Å². The van der Waals surface area contributed by atoms with Crippen LogP contribution in [0.5, 0.6) is 11.5 Å². The van der Waals surface area contributed by atoms with Gasteiger partial charge in [0.05, 0.1) is 33.5 Å². The molecule has 0 spiro atoms. The van der Waals surface area contributed by atoms with E-state index in [1.165, 1.54) is 0 Å². The maximum Gasteiger partial charge on any atom is 0.221 e. The largest absolute Gasteiger partial charge is 0.493 e. The third-order valence-corrected chi connectivity index (χ3v) is 4.37. The molecule has 140 valence electrons. The van der Waals surface area contributed by atoms with Crippen LogP contribution >= 0.6 is 0 Å². The molecule has 7 nitrogen and oxygen atoms in total. The summed E-state index contributed by atoms with van der Waals surface area (Å²) in [5.41, 5.74) is 1.09. The Labute approximate surface area is 149 Å². The number of carbonyl (C=O) groups is 1. The maximum absolute atomic E-state index is 12.0. The van der Waals surface area contributed by atoms with Gasteiger partial charge >= 0.3 is 0 Å². The van der Waals surface area contributed by atoms with Crippen molar-refractivity contribution < 1.29 is 19.0 Å². The van der Waals surface area contributed by atoms with Gasteiger partial charge in [0.2, 0.25) is 5.91 Å². The number of amides is 1. The summed E-state index contributed by atoms with van der Waals surface area (Å²) < 4.78 is 16.2. The van der Waals surface area contributed by atoms with E-state index in [4.69, 9.17) is 14.2 Å². The minimum absolute atomic E-state index is 0.0492. The molecule has 0 aliphatic carbocycles. The molecule has 2 rings (SSSR count). The van der Waals surface area contributed by atoms with E-state index in [1.807, 2.05) is 25.2 Å². The van der Waals surface area contributed by atoms with Crippen molar-refractivity contribution in [2.24, 2.45) is 0 Å². The standard InChI is InChI=1S/C18H29N3O4/c1-19-7-6-18(22)20-13-15(21-8-10-25-11-9-21)14-4-5-16(23-2)17(12-14)24-3/h4-5,12,15,19H,6-11,13H2,1-3H3,(H,20,22). The predicted octanol–water partition coefficient (Wildman–Crippen LogP) is 0.803. The van der Waals surface area contributed by atoms with Gasteiger partial charge in [-0.25, -0.2) is 0 Å². The SMILES string of the molecule is CNCCC(=O)NCC(c1ccc(OC)c(OC)c1)N1CCOCC1. The summed E-state index contributed by atoms with van der Waals surface area (Å²) in [5, 5.41) is 6.04. The minimum atomic E-state index is 0.0492. The van der Waals surface area contributed by atoms with Crippen LogP contribution < -0.4 is 20.1 Å². The number of hydrogen-bond donors (Lipinski definition) is 2. The summed E-state index contributed by atoms with van der Waals surface area (Å²) in [6.45, 7) is 4.31. The second kappa shape index (κ2) is 10.2. The highest BCUT2D eigenvalue weighted by Crippen LogP contribution is 2.32. The summed E-state index contributed by atoms with van der Waals surface area (Å²) in [5.74, 6) is 1.44. The van der Waals surface area contributed by atoms with Crippen LogP contribution in [0.25, 0.3) is 0 Å². The van der Waals surface area contributed by atoms with Gasteiger partial charge in [-0.3, -0.25) is 9.69 Å². The summed E-state index contributed by atoms with van der Waals surface area (Å²) >= 11 is 0. The fourth-order valence-corrected chi connectivity index (χ4v) is 2.94. The zero-order valence-corrected chi connectivity index (χ0v) is 15.3. The van der Waals surface area contributed by atoms with Gasteiger partial charge in [0.15, 0.2) is 11.5 Å². The molecule has 1 fully saturated rings. The molecule has 1 atom stereocenters. The van der Waals surface area contributed by atoms with E-state index in [2.05, 4.69) is 15.5 Å². The van der Waals surface area contributed by atoms with Crippen LogP contribution in [0.3, 0.4) is 0 Å². The molecule has 0 saturated carbocycles. The zero-order chi connectivity index (χ0) is 18.1. The van der Waals surface area contributed by atoms with E-state index >= 15 is 0 Å². The van der Waals surface area contributed by atoms with E-state index in [0.29, 0.717) is 44.2 Å². The molecule has 0 aromatic heterocycles. The maximum atomic E-state index is 12.0. The lowest BCUT2D eigenvalue weighted by atomic mass is 10.0. The Morgan fingerprint density at radius 1 is 1.24 bits per heavy atom. The number of hydrogen-bond acceptors (Lipinski definition) is 6. The Hall–Kier alpha value is -1.83. The van der Waals surface area contributed by atoms with Crippen LogP contribution in [0, 0.1) is 0 Å². The molecular weight excluding hydrogens is 322 g/mol. The van der Waals surface area contributed by atoms with Crippen molar-refractivity contribution in [2.75, 3.05) is 60.7 Å². The molecule has 1 aromatic rings. The van der Waals surface area contributed by atoms with E-state index in [1.54, 1.807) is 14.2 Å². The lowest BCUT2D eigenvalue weighted by molar-refractivity contribution is -0.121. The highest BCUT2D eigenvalue weighted by atomic mass is 16.5. The number of carbonyl (C=O) groups excluding carboxylic acids is 1. The first-order valence-electron chi connectivity index (χ1n) is 8.64. The Morgan fingerprint density at radius 3 is 2.60 bits per heavy atom. The van der Waals surface area contributed by atoms with Crippen molar-refractivity contribution in [3.8, 4) is 11.5 Å². The lowest BCUT2D eigenvalue weighted by Gasteiger charge is -2.35. The van der Waals surface area contributed by atoms with Crippen molar-refractivity contribution in [3.63, 3.8) is 0 Å². The second-order valence-electron chi connectivity index (χ2n) is 5.94. The highest BCUT2D eigenvalue weighted by Gasteiger charge is 2.24. The van der Waals surface area contributed by atoms with Crippen LogP contribution in [-0.2, 0) is 9.53 Å². The molecule has 1 saturated heterocycles. The highest BCUT2D eigenvalue weighted by molar-refractivity contribution is 5.76. The van der Waals surface area contributed by atoms with Gasteiger partial charge in [-0.1, -0.05) is 6.07 Å². The smallest absolute Gasteiger partial charge is 0.221 e. The number of morpholine rings is 1. The van der Waals surface area contributed by atoms with Crippen molar-refractivity contribution in [1.29, 1.82) is 0 Å². The molecule has 2 N–H and O–H groups in total. The molecule has 25 heavy (non-hydrogen) atoms. The number of rotatable bonds is 9. The van der Waals surface area contributed by atoms with Crippen LogP contribution in [0.15, 0.2) is 18.2 Å². The predicted molar refractivity (Wildman–Crippen MR) is 96.2 cm³/mol. The first kappa shape index (κ1) is 19.5. The van der Waals surface area contributed by atoms with Crippen LogP contribution in [0.1, 0.15) is 18.0 Å². The third kappa shape index (κ3) is 5.59.